The molecular weight excluding hydrogens is 320 g/mol. The minimum atomic E-state index is -0.452. The number of hydrogen-bond donors (Lipinski definition) is 1. The summed E-state index contributed by atoms with van der Waals surface area (Å²) in [6.07, 6.45) is 1.20. The molecule has 2 amide bonds. The van der Waals surface area contributed by atoms with Crippen molar-refractivity contribution in [3.63, 3.8) is 0 Å². The Balaban J connectivity index is 1.50. The lowest BCUT2D eigenvalue weighted by atomic mass is 9.95. The van der Waals surface area contributed by atoms with E-state index in [4.69, 9.17) is 9.47 Å². The molecule has 0 saturated carbocycles. The van der Waals surface area contributed by atoms with Gasteiger partial charge in [-0.1, -0.05) is 30.3 Å². The highest BCUT2D eigenvalue weighted by molar-refractivity contribution is 5.69. The van der Waals surface area contributed by atoms with E-state index < -0.39 is 11.7 Å². The van der Waals surface area contributed by atoms with Crippen LogP contribution in [0.5, 0.6) is 0 Å². The van der Waals surface area contributed by atoms with E-state index >= 15 is 0 Å². The lowest BCUT2D eigenvalue weighted by Crippen LogP contribution is -2.51. The molecule has 1 aliphatic heterocycles. The summed E-state index contributed by atoms with van der Waals surface area (Å²) in [5.74, 6) is 0.481. The SMILES string of the molecule is CC(C)(C)OC(=O)N1CC(CCCNC(=O)OCc2ccccc2)C1. The van der Waals surface area contributed by atoms with Crippen LogP contribution in [0.3, 0.4) is 0 Å². The minimum absolute atomic E-state index is 0.244. The third kappa shape index (κ3) is 7.03. The molecule has 0 aliphatic carbocycles. The lowest BCUT2D eigenvalue weighted by Gasteiger charge is -2.39. The van der Waals surface area contributed by atoms with Crippen molar-refractivity contribution in [1.29, 1.82) is 0 Å². The first-order chi connectivity index (χ1) is 11.8. The number of carbonyl (C=O) groups excluding carboxylic acids is 2. The first kappa shape index (κ1) is 19.1. The number of hydrogen-bond acceptors (Lipinski definition) is 4. The molecule has 1 N–H and O–H groups in total. The molecule has 0 bridgehead atoms. The quantitative estimate of drug-likeness (QED) is 0.798. The van der Waals surface area contributed by atoms with Gasteiger partial charge in [0.15, 0.2) is 0 Å². The highest BCUT2D eigenvalue weighted by Gasteiger charge is 2.33. The zero-order chi connectivity index (χ0) is 18.3. The predicted octanol–water partition coefficient (Wildman–Crippen LogP) is 3.56. The molecule has 0 aromatic heterocycles. The number of benzene rings is 1. The van der Waals surface area contributed by atoms with E-state index in [1.165, 1.54) is 0 Å². The highest BCUT2D eigenvalue weighted by Crippen LogP contribution is 2.22. The second-order valence-electron chi connectivity index (χ2n) is 7.38. The standard InChI is InChI=1S/C19H28N2O4/c1-19(2,3)25-18(23)21-12-16(13-21)10-7-11-20-17(22)24-14-15-8-5-4-6-9-15/h4-6,8-9,16H,7,10-14H2,1-3H3,(H,20,22). The van der Waals surface area contributed by atoms with Crippen molar-refractivity contribution in [2.45, 2.75) is 45.8 Å². The van der Waals surface area contributed by atoms with Crippen molar-refractivity contribution in [3.8, 4) is 0 Å². The van der Waals surface area contributed by atoms with Gasteiger partial charge in [-0.25, -0.2) is 9.59 Å². The summed E-state index contributed by atoms with van der Waals surface area (Å²) in [6, 6.07) is 9.58. The number of carbonyl (C=O) groups is 2. The largest absolute Gasteiger partial charge is 0.445 e. The van der Waals surface area contributed by atoms with Crippen molar-refractivity contribution in [2.24, 2.45) is 5.92 Å². The summed E-state index contributed by atoms with van der Waals surface area (Å²) in [5, 5.41) is 2.76. The Morgan fingerprint density at radius 1 is 1.20 bits per heavy atom. The molecule has 1 aromatic rings. The molecule has 0 unspecified atom stereocenters. The van der Waals surface area contributed by atoms with Crippen molar-refractivity contribution < 1.29 is 19.1 Å². The van der Waals surface area contributed by atoms with Crippen LogP contribution < -0.4 is 5.32 Å². The van der Waals surface area contributed by atoms with Crippen molar-refractivity contribution >= 4 is 12.2 Å². The van der Waals surface area contributed by atoms with Crippen LogP contribution in [0.1, 0.15) is 39.2 Å². The first-order valence-electron chi connectivity index (χ1n) is 8.76. The molecule has 2 rings (SSSR count). The van der Waals surface area contributed by atoms with E-state index in [0.717, 1.165) is 31.5 Å². The molecule has 1 fully saturated rings. The van der Waals surface area contributed by atoms with Gasteiger partial charge in [-0.05, 0) is 45.1 Å². The molecule has 1 saturated heterocycles. The summed E-state index contributed by atoms with van der Waals surface area (Å²) in [4.78, 5) is 25.2. The molecule has 1 aliphatic rings. The van der Waals surface area contributed by atoms with E-state index in [1.807, 2.05) is 51.1 Å². The van der Waals surface area contributed by atoms with Crippen LogP contribution in [0.4, 0.5) is 9.59 Å². The fourth-order valence-electron chi connectivity index (χ4n) is 2.58. The van der Waals surface area contributed by atoms with Crippen LogP contribution in [0.15, 0.2) is 30.3 Å². The van der Waals surface area contributed by atoms with Crippen molar-refractivity contribution in [1.82, 2.24) is 10.2 Å². The van der Waals surface area contributed by atoms with Crippen LogP contribution in [0.25, 0.3) is 0 Å². The number of likely N-dealkylation sites (tertiary alicyclic amines) is 1. The third-order valence-electron chi connectivity index (χ3n) is 3.88. The van der Waals surface area contributed by atoms with Gasteiger partial charge in [0.25, 0.3) is 0 Å². The number of rotatable bonds is 6. The predicted molar refractivity (Wildman–Crippen MR) is 95.2 cm³/mol. The average molecular weight is 348 g/mol. The van der Waals surface area contributed by atoms with Crippen LogP contribution in [-0.4, -0.2) is 42.3 Å². The van der Waals surface area contributed by atoms with E-state index in [1.54, 1.807) is 4.90 Å². The van der Waals surface area contributed by atoms with Gasteiger partial charge in [0.05, 0.1) is 0 Å². The van der Waals surface area contributed by atoms with Gasteiger partial charge in [-0.15, -0.1) is 0 Å². The fraction of sp³-hybridized carbons (Fsp3) is 0.579. The molecule has 1 aromatic carbocycles. The molecule has 6 heteroatoms. The Labute approximate surface area is 149 Å². The maximum absolute atomic E-state index is 11.8. The zero-order valence-corrected chi connectivity index (χ0v) is 15.3. The molecule has 0 spiro atoms. The fourth-order valence-corrected chi connectivity index (χ4v) is 2.58. The second-order valence-corrected chi connectivity index (χ2v) is 7.38. The number of nitrogens with one attached hydrogen (secondary N) is 1. The van der Waals surface area contributed by atoms with Gasteiger partial charge in [0.2, 0.25) is 0 Å². The summed E-state index contributed by atoms with van der Waals surface area (Å²) in [5.41, 5.74) is 0.515. The maximum atomic E-state index is 11.8. The lowest BCUT2D eigenvalue weighted by molar-refractivity contribution is -0.00229. The highest BCUT2D eigenvalue weighted by atomic mass is 16.6. The summed E-state index contributed by atoms with van der Waals surface area (Å²) >= 11 is 0. The van der Waals surface area contributed by atoms with Crippen LogP contribution in [0.2, 0.25) is 0 Å². The number of nitrogens with zero attached hydrogens (tertiary/aromatic N) is 1. The van der Waals surface area contributed by atoms with Crippen LogP contribution in [-0.2, 0) is 16.1 Å². The van der Waals surface area contributed by atoms with Crippen LogP contribution in [0, 0.1) is 5.92 Å². The topological polar surface area (TPSA) is 67.9 Å². The summed E-state index contributed by atoms with van der Waals surface area (Å²) in [6.45, 7) is 7.91. The van der Waals surface area contributed by atoms with Gasteiger partial charge < -0.3 is 19.7 Å². The maximum Gasteiger partial charge on any atom is 0.410 e. The summed E-state index contributed by atoms with van der Waals surface area (Å²) < 4.78 is 10.5. The zero-order valence-electron chi connectivity index (χ0n) is 15.3. The first-order valence-corrected chi connectivity index (χ1v) is 8.76. The monoisotopic (exact) mass is 348 g/mol. The molecule has 138 valence electrons. The van der Waals surface area contributed by atoms with E-state index in [-0.39, 0.29) is 12.7 Å². The third-order valence-corrected chi connectivity index (χ3v) is 3.88. The summed E-state index contributed by atoms with van der Waals surface area (Å²) in [7, 11) is 0. The van der Waals surface area contributed by atoms with Crippen molar-refractivity contribution in [2.75, 3.05) is 19.6 Å². The van der Waals surface area contributed by atoms with Crippen LogP contribution >= 0.6 is 0 Å². The van der Waals surface area contributed by atoms with Gasteiger partial charge in [0, 0.05) is 19.6 Å². The van der Waals surface area contributed by atoms with E-state index in [0.29, 0.717) is 12.5 Å². The smallest absolute Gasteiger partial charge is 0.410 e. The van der Waals surface area contributed by atoms with E-state index in [9.17, 15) is 9.59 Å². The molecule has 6 nitrogen and oxygen atoms in total. The Morgan fingerprint density at radius 2 is 1.88 bits per heavy atom. The van der Waals surface area contributed by atoms with Gasteiger partial charge >= 0.3 is 12.2 Å². The molecule has 0 radical (unpaired) electrons. The Bertz CT molecular complexity index is 563. The molecular formula is C19H28N2O4. The Kier molecular flexibility index (Phi) is 6.67. The second kappa shape index (κ2) is 8.74. The average Bonchev–Trinajstić information content (AvgIpc) is 2.50. The molecule has 0 atom stereocenters. The number of alkyl carbamates (subject to hydrolysis) is 1. The van der Waals surface area contributed by atoms with Gasteiger partial charge in [-0.2, -0.15) is 0 Å². The minimum Gasteiger partial charge on any atom is -0.445 e. The van der Waals surface area contributed by atoms with E-state index in [2.05, 4.69) is 5.32 Å². The number of amides is 2. The van der Waals surface area contributed by atoms with Crippen molar-refractivity contribution in [3.05, 3.63) is 35.9 Å². The molecule has 1 heterocycles. The number of ether oxygens (including phenoxy) is 2. The molecule has 25 heavy (non-hydrogen) atoms. The van der Waals surface area contributed by atoms with Gasteiger partial charge in [0.1, 0.15) is 12.2 Å². The Morgan fingerprint density at radius 3 is 2.52 bits per heavy atom. The normalized spacial score (nSPS) is 14.6. The van der Waals surface area contributed by atoms with Gasteiger partial charge in [-0.3, -0.25) is 0 Å². The Hall–Kier alpha value is -2.24.